The zero-order valence-electron chi connectivity index (χ0n) is 5.03. The Morgan fingerprint density at radius 2 is 1.18 bits per heavy atom. The van der Waals surface area contributed by atoms with Crippen LogP contribution in [0.1, 0.15) is 0 Å². The fraction of sp³-hybridized carbons (Fsp3) is 0.500. The summed E-state index contributed by atoms with van der Waals surface area (Å²) in [4.78, 5) is 8.78. The van der Waals surface area contributed by atoms with Crippen LogP contribution in [-0.2, 0) is 37.5 Å². The Kier molecular flexibility index (Phi) is 28.2. The Bertz CT molecular complexity index is 92.2. The van der Waals surface area contributed by atoms with Crippen LogP contribution in [0.15, 0.2) is 0 Å². The van der Waals surface area contributed by atoms with E-state index in [1.165, 1.54) is 0 Å². The molecule has 0 bridgehead atoms. The third-order valence-corrected chi connectivity index (χ3v) is 0.231. The van der Waals surface area contributed by atoms with E-state index < -0.39 is 12.1 Å². The molecule has 0 fully saturated rings. The first-order chi connectivity index (χ1) is 2.94. The van der Waals surface area contributed by atoms with E-state index in [2.05, 4.69) is 0 Å². The molecule has 0 spiro atoms. The monoisotopic (exact) mass is 256 g/mol. The number of rotatable bonds is 0. The van der Waals surface area contributed by atoms with E-state index in [1.54, 1.807) is 0 Å². The first-order valence-corrected chi connectivity index (χ1v) is 1.23. The minimum absolute atomic E-state index is 0. The van der Waals surface area contributed by atoms with Gasteiger partial charge in [0.2, 0.25) is 0 Å². The average molecular weight is 256 g/mol. The molecule has 0 amide bonds. The summed E-state index contributed by atoms with van der Waals surface area (Å²) in [5.74, 6) is -3.01. The van der Waals surface area contributed by atoms with E-state index in [-0.39, 0.29) is 49.1 Å². The molecule has 0 aromatic rings. The van der Waals surface area contributed by atoms with Gasteiger partial charge in [-0.2, -0.15) is 13.2 Å². The summed E-state index contributed by atoms with van der Waals surface area (Å²) in [6.45, 7) is 0. The van der Waals surface area contributed by atoms with E-state index in [0.717, 1.165) is 0 Å². The molecule has 0 aromatic heterocycles. The molecule has 6 N–H and O–H groups in total. The van der Waals surface area contributed by atoms with Crippen molar-refractivity contribution in [3.8, 4) is 0 Å². The van der Waals surface area contributed by atoms with Crippen LogP contribution in [0.4, 0.5) is 13.2 Å². The van der Waals surface area contributed by atoms with Gasteiger partial charge in [-0.3, -0.25) is 0 Å². The van der Waals surface area contributed by atoms with Crippen molar-refractivity contribution in [2.75, 3.05) is 0 Å². The number of carbonyl (C=O) groups is 1. The molecule has 0 heterocycles. The van der Waals surface area contributed by atoms with Crippen molar-refractivity contribution in [2.45, 2.75) is 6.18 Å². The largest absolute Gasteiger partial charge is 3.00 e. The summed E-state index contributed by atoms with van der Waals surface area (Å²) < 4.78 is 31.5. The SMILES string of the molecule is O.O.O.O=C([O-])C(F)(F)F.[Y+3]. The van der Waals surface area contributed by atoms with Crippen LogP contribution >= 0.6 is 0 Å². The fourth-order valence-electron chi connectivity index (χ4n) is 0. The number of carboxylic acid groups (broad SMARTS) is 1. The van der Waals surface area contributed by atoms with Gasteiger partial charge < -0.3 is 26.3 Å². The Balaban J connectivity index is -0.0000000300. The Hall–Kier alpha value is 0.244. The van der Waals surface area contributed by atoms with Crippen LogP contribution < -0.4 is 5.11 Å². The maximum absolute atomic E-state index is 10.5. The maximum atomic E-state index is 10.5. The third-order valence-electron chi connectivity index (χ3n) is 0.231. The van der Waals surface area contributed by atoms with Crippen molar-refractivity contribution >= 4 is 5.97 Å². The second-order valence-electron chi connectivity index (χ2n) is 0.785. The summed E-state index contributed by atoms with van der Waals surface area (Å²) in [7, 11) is 0. The number of alkyl halides is 3. The summed E-state index contributed by atoms with van der Waals surface area (Å²) in [5, 5.41) is 8.78. The molecule has 0 aromatic carbocycles. The van der Waals surface area contributed by atoms with E-state index >= 15 is 0 Å². The molecule has 0 rings (SSSR count). The van der Waals surface area contributed by atoms with Gasteiger partial charge >= 0.3 is 38.9 Å². The molecular formula is C2H6F3O5Y+2. The Morgan fingerprint density at radius 1 is 1.09 bits per heavy atom. The third kappa shape index (κ3) is 17.9. The zero-order chi connectivity index (χ0) is 6.08. The van der Waals surface area contributed by atoms with Gasteiger partial charge in [0.15, 0.2) is 0 Å². The molecule has 0 radical (unpaired) electrons. The van der Waals surface area contributed by atoms with Crippen molar-refractivity contribution in [2.24, 2.45) is 0 Å². The molecule has 0 aliphatic rings. The molecular weight excluding hydrogens is 250 g/mol. The minimum Gasteiger partial charge on any atom is -0.542 e. The number of halogens is 3. The van der Waals surface area contributed by atoms with Crippen LogP contribution in [-0.4, -0.2) is 28.6 Å². The standard InChI is InChI=1S/C2HF3O2.3H2O.Y/c3-2(4,5)1(6)7;;;;/h(H,6,7);3*1H2;/q;;;;+3/p-1. The van der Waals surface area contributed by atoms with Gasteiger partial charge in [-0.1, -0.05) is 0 Å². The van der Waals surface area contributed by atoms with Crippen LogP contribution in [0.3, 0.4) is 0 Å². The molecule has 0 unspecified atom stereocenters. The van der Waals surface area contributed by atoms with Crippen LogP contribution in [0, 0.1) is 0 Å². The predicted octanol–water partition coefficient (Wildman–Crippen LogP) is -3.18. The first-order valence-electron chi connectivity index (χ1n) is 1.23. The quantitative estimate of drug-likeness (QED) is 0.451. The van der Waals surface area contributed by atoms with E-state index in [9.17, 15) is 13.2 Å². The summed E-state index contributed by atoms with van der Waals surface area (Å²) in [5.41, 5.74) is 0. The van der Waals surface area contributed by atoms with Gasteiger partial charge in [0.05, 0.1) is 0 Å². The van der Waals surface area contributed by atoms with Gasteiger partial charge in [0.25, 0.3) is 0 Å². The summed E-state index contributed by atoms with van der Waals surface area (Å²) >= 11 is 0. The van der Waals surface area contributed by atoms with Crippen LogP contribution in [0.5, 0.6) is 0 Å². The van der Waals surface area contributed by atoms with E-state index in [1.807, 2.05) is 0 Å². The summed E-state index contributed by atoms with van der Waals surface area (Å²) in [6, 6.07) is 0. The van der Waals surface area contributed by atoms with Gasteiger partial charge in [0, 0.05) is 0 Å². The number of carboxylic acids is 1. The van der Waals surface area contributed by atoms with E-state index in [4.69, 9.17) is 9.90 Å². The van der Waals surface area contributed by atoms with Crippen LogP contribution in [0.25, 0.3) is 0 Å². The molecule has 66 valence electrons. The van der Waals surface area contributed by atoms with Crippen LogP contribution in [0.2, 0.25) is 0 Å². The average Bonchev–Trinajstić information content (AvgIpc) is 1.31. The normalized spacial score (nSPS) is 7.18. The molecule has 0 saturated carbocycles. The molecule has 9 heteroatoms. The van der Waals surface area contributed by atoms with Crippen molar-refractivity contribution in [3.05, 3.63) is 0 Å². The second-order valence-corrected chi connectivity index (χ2v) is 0.785. The minimum atomic E-state index is -5.19. The van der Waals surface area contributed by atoms with Gasteiger partial charge in [-0.05, 0) is 0 Å². The first kappa shape index (κ1) is 30.3. The van der Waals surface area contributed by atoms with Gasteiger partial charge in [-0.15, -0.1) is 0 Å². The topological polar surface area (TPSA) is 135 Å². The smallest absolute Gasteiger partial charge is 0.542 e. The predicted molar refractivity (Wildman–Crippen MR) is 21.9 cm³/mol. The van der Waals surface area contributed by atoms with Gasteiger partial charge in [0.1, 0.15) is 5.97 Å². The number of hydrogen-bond donors (Lipinski definition) is 0. The molecule has 11 heavy (non-hydrogen) atoms. The van der Waals surface area contributed by atoms with Gasteiger partial charge in [-0.25, -0.2) is 0 Å². The van der Waals surface area contributed by atoms with Crippen molar-refractivity contribution < 1.29 is 72.2 Å². The second kappa shape index (κ2) is 10.2. The number of carbonyl (C=O) groups excluding carboxylic acids is 1. The molecule has 0 aliphatic heterocycles. The molecule has 0 aliphatic carbocycles. The summed E-state index contributed by atoms with van der Waals surface area (Å²) in [6.07, 6.45) is -5.19. The fourth-order valence-corrected chi connectivity index (χ4v) is 0. The molecule has 5 nitrogen and oxygen atoms in total. The van der Waals surface area contributed by atoms with Crippen molar-refractivity contribution in [1.82, 2.24) is 0 Å². The van der Waals surface area contributed by atoms with E-state index in [0.29, 0.717) is 0 Å². The Labute approximate surface area is 84.4 Å². The molecule has 0 atom stereocenters. The maximum Gasteiger partial charge on any atom is 3.00 e. The van der Waals surface area contributed by atoms with Crippen molar-refractivity contribution in [1.29, 1.82) is 0 Å². The number of hydrogen-bond acceptors (Lipinski definition) is 2. The molecule has 0 saturated heterocycles. The number of aliphatic carboxylic acids is 1. The zero-order valence-corrected chi connectivity index (χ0v) is 7.87. The van der Waals surface area contributed by atoms with Crippen molar-refractivity contribution in [3.63, 3.8) is 0 Å². The Morgan fingerprint density at radius 3 is 1.18 bits per heavy atom.